The van der Waals surface area contributed by atoms with E-state index < -0.39 is 0 Å². The Hall–Kier alpha value is -0.890. The zero-order chi connectivity index (χ0) is 15.2. The Morgan fingerprint density at radius 2 is 2.00 bits per heavy atom. The first kappa shape index (κ1) is 16.5. The van der Waals surface area contributed by atoms with Crippen molar-refractivity contribution < 1.29 is 4.39 Å². The lowest BCUT2D eigenvalue weighted by atomic mass is 9.70. The molecule has 2 rings (SSSR count). The van der Waals surface area contributed by atoms with Crippen LogP contribution in [0.4, 0.5) is 4.39 Å². The maximum absolute atomic E-state index is 14.2. The fourth-order valence-corrected chi connectivity index (χ4v) is 3.78. The summed E-state index contributed by atoms with van der Waals surface area (Å²) >= 11 is 0. The molecule has 1 aromatic carbocycles. The molecule has 1 saturated carbocycles. The summed E-state index contributed by atoms with van der Waals surface area (Å²) in [6.07, 6.45) is 6.21. The lowest BCUT2D eigenvalue weighted by molar-refractivity contribution is 0.214. The van der Waals surface area contributed by atoms with E-state index in [4.69, 9.17) is 0 Å². The summed E-state index contributed by atoms with van der Waals surface area (Å²) in [6, 6.07) is 7.89. The van der Waals surface area contributed by atoms with Crippen molar-refractivity contribution in [1.29, 1.82) is 0 Å². The van der Waals surface area contributed by atoms with E-state index in [1.165, 1.54) is 25.7 Å². The molecule has 1 fully saturated rings. The summed E-state index contributed by atoms with van der Waals surface area (Å²) in [5.74, 6) is 1.70. The number of halogens is 1. The largest absolute Gasteiger partial charge is 0.314 e. The third-order valence-electron chi connectivity index (χ3n) is 4.89. The van der Waals surface area contributed by atoms with Crippen molar-refractivity contribution in [3.8, 4) is 0 Å². The second-order valence-electron chi connectivity index (χ2n) is 6.92. The normalized spacial score (nSPS) is 26.2. The molecule has 0 aromatic heterocycles. The Morgan fingerprint density at radius 1 is 1.24 bits per heavy atom. The summed E-state index contributed by atoms with van der Waals surface area (Å²) in [5.41, 5.74) is 0.939. The van der Waals surface area contributed by atoms with Gasteiger partial charge >= 0.3 is 0 Å². The lowest BCUT2D eigenvalue weighted by Gasteiger charge is -2.37. The average molecular weight is 291 g/mol. The van der Waals surface area contributed by atoms with E-state index in [0.717, 1.165) is 24.4 Å². The Bertz CT molecular complexity index is 429. The van der Waals surface area contributed by atoms with E-state index in [0.29, 0.717) is 17.9 Å². The highest BCUT2D eigenvalue weighted by molar-refractivity contribution is 5.23. The molecular weight excluding hydrogens is 261 g/mol. The van der Waals surface area contributed by atoms with Crippen molar-refractivity contribution in [2.24, 2.45) is 11.8 Å². The molecule has 1 aliphatic carbocycles. The maximum Gasteiger partial charge on any atom is 0.126 e. The number of hydrogen-bond acceptors (Lipinski definition) is 1. The standard InChI is InChI=1S/C19H30FN/c1-4-7-15-10-11-16(13-21-14(2)3)18(12-15)17-8-5-6-9-19(17)20/h5-6,8-9,14-16,18,21H,4,7,10-13H2,1-3H3. The molecule has 0 radical (unpaired) electrons. The van der Waals surface area contributed by atoms with Crippen molar-refractivity contribution in [3.05, 3.63) is 35.6 Å². The van der Waals surface area contributed by atoms with Gasteiger partial charge in [0.15, 0.2) is 0 Å². The average Bonchev–Trinajstić information content (AvgIpc) is 2.46. The Balaban J connectivity index is 2.14. The van der Waals surface area contributed by atoms with Crippen molar-refractivity contribution >= 4 is 0 Å². The fraction of sp³-hybridized carbons (Fsp3) is 0.684. The molecule has 3 unspecified atom stereocenters. The topological polar surface area (TPSA) is 12.0 Å². The van der Waals surface area contributed by atoms with Crippen molar-refractivity contribution in [3.63, 3.8) is 0 Å². The van der Waals surface area contributed by atoms with E-state index in [-0.39, 0.29) is 5.82 Å². The van der Waals surface area contributed by atoms with Crippen LogP contribution in [0.5, 0.6) is 0 Å². The zero-order valence-corrected chi connectivity index (χ0v) is 13.7. The van der Waals surface area contributed by atoms with Crippen LogP contribution in [0.3, 0.4) is 0 Å². The SMILES string of the molecule is CCCC1CCC(CNC(C)C)C(c2ccccc2F)C1. The number of rotatable bonds is 6. The van der Waals surface area contributed by atoms with Crippen LogP contribution in [0.2, 0.25) is 0 Å². The van der Waals surface area contributed by atoms with Gasteiger partial charge in [0.25, 0.3) is 0 Å². The van der Waals surface area contributed by atoms with Crippen molar-refractivity contribution in [2.75, 3.05) is 6.54 Å². The highest BCUT2D eigenvalue weighted by atomic mass is 19.1. The predicted octanol–water partition coefficient (Wildman–Crippen LogP) is 5.12. The first-order chi connectivity index (χ1) is 10.1. The fourth-order valence-electron chi connectivity index (χ4n) is 3.78. The van der Waals surface area contributed by atoms with Gasteiger partial charge in [-0.15, -0.1) is 0 Å². The third-order valence-corrected chi connectivity index (χ3v) is 4.89. The summed E-state index contributed by atoms with van der Waals surface area (Å²) in [7, 11) is 0. The van der Waals surface area contributed by atoms with Gasteiger partial charge in [0.05, 0.1) is 0 Å². The summed E-state index contributed by atoms with van der Waals surface area (Å²) < 4.78 is 14.2. The number of benzene rings is 1. The first-order valence-corrected chi connectivity index (χ1v) is 8.59. The van der Waals surface area contributed by atoms with Gasteiger partial charge in [0.2, 0.25) is 0 Å². The molecule has 2 heteroatoms. The van der Waals surface area contributed by atoms with E-state index >= 15 is 0 Å². The molecule has 0 aliphatic heterocycles. The van der Waals surface area contributed by atoms with Crippen LogP contribution in [0, 0.1) is 17.7 Å². The molecule has 0 spiro atoms. The first-order valence-electron chi connectivity index (χ1n) is 8.59. The minimum Gasteiger partial charge on any atom is -0.314 e. The van der Waals surface area contributed by atoms with Gasteiger partial charge in [0, 0.05) is 6.04 Å². The second kappa shape index (κ2) is 7.93. The summed E-state index contributed by atoms with van der Waals surface area (Å²) in [6.45, 7) is 7.63. The molecule has 0 amide bonds. The van der Waals surface area contributed by atoms with Gasteiger partial charge in [-0.1, -0.05) is 58.2 Å². The van der Waals surface area contributed by atoms with E-state index in [1.54, 1.807) is 12.1 Å². The minimum atomic E-state index is -0.0193. The third kappa shape index (κ3) is 4.54. The molecule has 118 valence electrons. The summed E-state index contributed by atoms with van der Waals surface area (Å²) in [4.78, 5) is 0. The monoisotopic (exact) mass is 291 g/mol. The Kier molecular flexibility index (Phi) is 6.22. The van der Waals surface area contributed by atoms with Gasteiger partial charge in [-0.2, -0.15) is 0 Å². The van der Waals surface area contributed by atoms with Crippen molar-refractivity contribution in [1.82, 2.24) is 5.32 Å². The van der Waals surface area contributed by atoms with Gasteiger partial charge in [-0.3, -0.25) is 0 Å². The summed E-state index contributed by atoms with van der Waals surface area (Å²) in [5, 5.41) is 3.56. The highest BCUT2D eigenvalue weighted by Crippen LogP contribution is 2.42. The van der Waals surface area contributed by atoms with Gasteiger partial charge in [-0.05, 0) is 48.8 Å². The maximum atomic E-state index is 14.2. The molecule has 1 aromatic rings. The van der Waals surface area contributed by atoms with E-state index in [9.17, 15) is 4.39 Å². The number of hydrogen-bond donors (Lipinski definition) is 1. The highest BCUT2D eigenvalue weighted by Gasteiger charge is 2.32. The van der Waals surface area contributed by atoms with E-state index in [1.807, 2.05) is 12.1 Å². The number of nitrogens with one attached hydrogen (secondary N) is 1. The minimum absolute atomic E-state index is 0.0193. The molecule has 0 bridgehead atoms. The van der Waals surface area contributed by atoms with Crippen LogP contribution >= 0.6 is 0 Å². The molecule has 1 N–H and O–H groups in total. The molecular formula is C19H30FN. The predicted molar refractivity (Wildman–Crippen MR) is 88.0 cm³/mol. The second-order valence-corrected chi connectivity index (χ2v) is 6.92. The lowest BCUT2D eigenvalue weighted by Crippen LogP contribution is -2.35. The zero-order valence-electron chi connectivity index (χ0n) is 13.7. The van der Waals surface area contributed by atoms with Crippen LogP contribution in [0.15, 0.2) is 24.3 Å². The van der Waals surface area contributed by atoms with Crippen LogP contribution in [0.25, 0.3) is 0 Å². The Labute approximate surface area is 129 Å². The molecule has 0 saturated heterocycles. The molecule has 0 heterocycles. The van der Waals surface area contributed by atoms with Gasteiger partial charge in [-0.25, -0.2) is 4.39 Å². The smallest absolute Gasteiger partial charge is 0.126 e. The van der Waals surface area contributed by atoms with Gasteiger partial charge < -0.3 is 5.32 Å². The van der Waals surface area contributed by atoms with Crippen molar-refractivity contribution in [2.45, 2.75) is 64.8 Å². The molecule has 1 aliphatic rings. The van der Waals surface area contributed by atoms with Crippen LogP contribution < -0.4 is 5.32 Å². The van der Waals surface area contributed by atoms with Crippen LogP contribution in [0.1, 0.15) is 64.4 Å². The van der Waals surface area contributed by atoms with Crippen LogP contribution in [-0.2, 0) is 0 Å². The molecule has 1 nitrogen and oxygen atoms in total. The molecule has 21 heavy (non-hydrogen) atoms. The van der Waals surface area contributed by atoms with Crippen LogP contribution in [-0.4, -0.2) is 12.6 Å². The van der Waals surface area contributed by atoms with Gasteiger partial charge in [0.1, 0.15) is 5.82 Å². The molecule has 3 atom stereocenters. The van der Waals surface area contributed by atoms with E-state index in [2.05, 4.69) is 26.1 Å². The quantitative estimate of drug-likeness (QED) is 0.766. The Morgan fingerprint density at radius 3 is 2.67 bits per heavy atom.